The molecule has 0 aliphatic carbocycles. The molecule has 0 aliphatic heterocycles. The van der Waals surface area contributed by atoms with E-state index in [0.29, 0.717) is 0 Å². The molecule has 0 aliphatic rings. The largest absolute Gasteiger partial charge is 0.486 e. The van der Waals surface area contributed by atoms with Crippen LogP contribution in [0.1, 0.15) is 43.0 Å². The predicted molar refractivity (Wildman–Crippen MR) is 90.7 cm³/mol. The minimum Gasteiger partial charge on any atom is -0.486 e. The molecule has 0 heterocycles. The summed E-state index contributed by atoms with van der Waals surface area (Å²) < 4.78 is 5.42. The van der Waals surface area contributed by atoms with Crippen molar-refractivity contribution in [3.05, 3.63) is 64.7 Å². The normalized spacial score (nSPS) is 11.3. The number of ether oxygens (including phenoxy) is 1. The fourth-order valence-electron chi connectivity index (χ4n) is 2.65. The van der Waals surface area contributed by atoms with Gasteiger partial charge in [0.15, 0.2) is 6.29 Å². The average Bonchev–Trinajstić information content (AvgIpc) is 2.53. The van der Waals surface area contributed by atoms with Crippen molar-refractivity contribution in [2.24, 2.45) is 0 Å². The summed E-state index contributed by atoms with van der Waals surface area (Å²) in [7, 11) is 0. The van der Waals surface area contributed by atoms with E-state index in [1.54, 1.807) is 0 Å². The number of aldehydes is 1. The van der Waals surface area contributed by atoms with Crippen LogP contribution < -0.4 is 4.74 Å². The van der Waals surface area contributed by atoms with Crippen molar-refractivity contribution in [3.8, 4) is 5.75 Å². The highest BCUT2D eigenvalue weighted by molar-refractivity contribution is 5.52. The Balaban J connectivity index is 2.31. The van der Waals surface area contributed by atoms with Gasteiger partial charge in [-0.1, -0.05) is 57.2 Å². The Morgan fingerprint density at radius 1 is 1.05 bits per heavy atom. The Morgan fingerprint density at radius 2 is 1.68 bits per heavy atom. The van der Waals surface area contributed by atoms with Gasteiger partial charge in [-0.05, 0) is 41.7 Å². The third-order valence-corrected chi connectivity index (χ3v) is 4.29. The van der Waals surface area contributed by atoms with Crippen molar-refractivity contribution >= 4 is 6.29 Å². The van der Waals surface area contributed by atoms with Gasteiger partial charge in [0.25, 0.3) is 0 Å². The summed E-state index contributed by atoms with van der Waals surface area (Å²) >= 11 is 0. The number of benzene rings is 2. The maximum Gasteiger partial charge on any atom is 0.157 e. The first-order valence-corrected chi connectivity index (χ1v) is 7.76. The lowest BCUT2D eigenvalue weighted by Crippen LogP contribution is -2.19. The van der Waals surface area contributed by atoms with E-state index in [2.05, 4.69) is 57.2 Å². The Bertz CT molecular complexity index is 639. The summed E-state index contributed by atoms with van der Waals surface area (Å²) in [4.78, 5) is 10.4. The monoisotopic (exact) mass is 296 g/mol. The van der Waals surface area contributed by atoms with Crippen LogP contribution in [-0.4, -0.2) is 12.9 Å². The third kappa shape index (κ3) is 3.38. The van der Waals surface area contributed by atoms with Crippen LogP contribution in [-0.2, 0) is 16.6 Å². The molecule has 2 aromatic carbocycles. The van der Waals surface area contributed by atoms with Crippen molar-refractivity contribution in [2.45, 2.75) is 39.5 Å². The zero-order valence-corrected chi connectivity index (χ0v) is 13.8. The molecule has 0 spiro atoms. The fourth-order valence-corrected chi connectivity index (χ4v) is 2.65. The lowest BCUT2D eigenvalue weighted by Gasteiger charge is -2.27. The number of hydrogen-bond acceptors (Lipinski definition) is 2. The summed E-state index contributed by atoms with van der Waals surface area (Å²) in [5.74, 6) is 0.771. The van der Waals surface area contributed by atoms with Crippen molar-refractivity contribution in [1.82, 2.24) is 0 Å². The molecule has 0 N–H and O–H groups in total. The maximum absolute atomic E-state index is 10.4. The second kappa shape index (κ2) is 6.78. The Kier molecular flexibility index (Phi) is 5.02. The summed E-state index contributed by atoms with van der Waals surface area (Å²) in [5.41, 5.74) is 4.88. The first-order valence-electron chi connectivity index (χ1n) is 7.76. The van der Waals surface area contributed by atoms with Gasteiger partial charge in [0.05, 0.1) is 0 Å². The lowest BCUT2D eigenvalue weighted by atomic mass is 9.77. The van der Waals surface area contributed by atoms with Crippen LogP contribution in [0.4, 0.5) is 0 Å². The Hall–Kier alpha value is -2.09. The summed E-state index contributed by atoms with van der Waals surface area (Å²) in [6.07, 6.45) is 1.83. The molecule has 0 atom stereocenters. The van der Waals surface area contributed by atoms with Crippen LogP contribution in [0, 0.1) is 6.92 Å². The van der Waals surface area contributed by atoms with Gasteiger partial charge in [0, 0.05) is 5.41 Å². The highest BCUT2D eigenvalue weighted by Crippen LogP contribution is 2.34. The zero-order valence-electron chi connectivity index (χ0n) is 13.8. The Labute approximate surface area is 133 Å². The number of aryl methyl sites for hydroxylation is 2. The minimum absolute atomic E-state index is 0.0692. The second-order valence-corrected chi connectivity index (χ2v) is 6.13. The summed E-state index contributed by atoms with van der Waals surface area (Å²) in [6, 6.07) is 15.0. The molecule has 0 amide bonds. The van der Waals surface area contributed by atoms with Crippen LogP contribution in [0.2, 0.25) is 0 Å². The molecule has 0 saturated heterocycles. The van der Waals surface area contributed by atoms with Crippen molar-refractivity contribution in [1.29, 1.82) is 0 Å². The molecule has 2 nitrogen and oxygen atoms in total. The second-order valence-electron chi connectivity index (χ2n) is 6.13. The van der Waals surface area contributed by atoms with Crippen molar-refractivity contribution in [2.75, 3.05) is 6.61 Å². The van der Waals surface area contributed by atoms with Gasteiger partial charge in [0.1, 0.15) is 12.4 Å². The molecule has 116 valence electrons. The molecule has 2 heteroatoms. The van der Waals surface area contributed by atoms with Gasteiger partial charge in [-0.2, -0.15) is 0 Å². The molecule has 0 aromatic heterocycles. The van der Waals surface area contributed by atoms with E-state index in [9.17, 15) is 4.79 Å². The maximum atomic E-state index is 10.4. The quantitative estimate of drug-likeness (QED) is 0.736. The molecule has 22 heavy (non-hydrogen) atoms. The minimum atomic E-state index is -0.0692. The van der Waals surface area contributed by atoms with Crippen LogP contribution >= 0.6 is 0 Å². The van der Waals surface area contributed by atoms with E-state index < -0.39 is 0 Å². The number of hydrogen-bond donors (Lipinski definition) is 0. The SMILES string of the molecule is CCc1ccc(C(C)(C)c2ccc(OCC=O)c(C)c2)cc1. The van der Waals surface area contributed by atoms with Crippen molar-refractivity contribution in [3.63, 3.8) is 0 Å². The van der Waals surface area contributed by atoms with Crippen LogP contribution in [0.5, 0.6) is 5.75 Å². The number of carbonyl (C=O) groups excluding carboxylic acids is 1. The molecule has 2 rings (SSSR count). The van der Waals surface area contributed by atoms with Crippen LogP contribution in [0.25, 0.3) is 0 Å². The topological polar surface area (TPSA) is 26.3 Å². The highest BCUT2D eigenvalue weighted by Gasteiger charge is 2.23. The molecule has 0 bridgehead atoms. The molecule has 0 unspecified atom stereocenters. The number of carbonyl (C=O) groups is 1. The smallest absolute Gasteiger partial charge is 0.157 e. The molecule has 0 radical (unpaired) electrons. The van der Waals surface area contributed by atoms with Gasteiger partial charge in [-0.25, -0.2) is 0 Å². The standard InChI is InChI=1S/C20H24O2/c1-5-16-6-8-17(9-7-16)20(3,4)18-10-11-19(15(2)14-18)22-13-12-21/h6-12,14H,5,13H2,1-4H3. The van der Waals surface area contributed by atoms with Gasteiger partial charge in [0.2, 0.25) is 0 Å². The Morgan fingerprint density at radius 3 is 2.23 bits per heavy atom. The molecule has 0 saturated carbocycles. The van der Waals surface area contributed by atoms with Crippen molar-refractivity contribution < 1.29 is 9.53 Å². The first-order chi connectivity index (χ1) is 10.5. The molecular weight excluding hydrogens is 272 g/mol. The van der Waals surface area contributed by atoms with E-state index in [-0.39, 0.29) is 12.0 Å². The van der Waals surface area contributed by atoms with E-state index in [4.69, 9.17) is 4.74 Å². The predicted octanol–water partition coefficient (Wildman–Crippen LogP) is 4.46. The lowest BCUT2D eigenvalue weighted by molar-refractivity contribution is -0.109. The molecular formula is C20H24O2. The average molecular weight is 296 g/mol. The van der Waals surface area contributed by atoms with Gasteiger partial charge in [-0.3, -0.25) is 4.79 Å². The highest BCUT2D eigenvalue weighted by atomic mass is 16.5. The van der Waals surface area contributed by atoms with Gasteiger partial charge in [-0.15, -0.1) is 0 Å². The summed E-state index contributed by atoms with van der Waals surface area (Å²) in [5, 5.41) is 0. The van der Waals surface area contributed by atoms with Gasteiger partial charge >= 0.3 is 0 Å². The van der Waals surface area contributed by atoms with E-state index in [1.165, 1.54) is 16.7 Å². The van der Waals surface area contributed by atoms with Crippen LogP contribution in [0.3, 0.4) is 0 Å². The van der Waals surface area contributed by atoms with E-state index >= 15 is 0 Å². The third-order valence-electron chi connectivity index (χ3n) is 4.29. The van der Waals surface area contributed by atoms with E-state index in [1.807, 2.05) is 13.0 Å². The van der Waals surface area contributed by atoms with Gasteiger partial charge < -0.3 is 4.74 Å². The molecule has 2 aromatic rings. The van der Waals surface area contributed by atoms with E-state index in [0.717, 1.165) is 24.0 Å². The first kappa shape index (κ1) is 16.3. The molecule has 0 fully saturated rings. The fraction of sp³-hybridized carbons (Fsp3) is 0.350. The van der Waals surface area contributed by atoms with Crippen LogP contribution in [0.15, 0.2) is 42.5 Å². The number of rotatable bonds is 6. The summed E-state index contributed by atoms with van der Waals surface area (Å²) in [6.45, 7) is 8.74. The zero-order chi connectivity index (χ0) is 16.2.